The van der Waals surface area contributed by atoms with Crippen LogP contribution in [0.1, 0.15) is 19.9 Å². The summed E-state index contributed by atoms with van der Waals surface area (Å²) in [5.74, 6) is -0.211. The molecule has 1 heterocycles. The van der Waals surface area contributed by atoms with Crippen molar-refractivity contribution in [3.63, 3.8) is 0 Å². The molecule has 2 rings (SSSR count). The number of fused-ring (bicyclic) bond motifs is 1. The van der Waals surface area contributed by atoms with Gasteiger partial charge in [0.1, 0.15) is 6.61 Å². The fourth-order valence-corrected chi connectivity index (χ4v) is 2.98. The van der Waals surface area contributed by atoms with Gasteiger partial charge in [-0.2, -0.15) is 0 Å². The Morgan fingerprint density at radius 1 is 1.47 bits per heavy atom. The average molecular weight is 280 g/mol. The van der Waals surface area contributed by atoms with Crippen LogP contribution in [-0.2, 0) is 9.53 Å². The number of aromatic nitrogens is 1. The molecule has 0 aliphatic carbocycles. The van der Waals surface area contributed by atoms with Gasteiger partial charge in [-0.3, -0.25) is 14.2 Å². The Bertz CT molecular complexity index is 657. The van der Waals surface area contributed by atoms with Gasteiger partial charge in [0.15, 0.2) is 0 Å². The number of methoxy groups -OCH3 is 1. The third kappa shape index (κ3) is 2.85. The number of benzene rings is 1. The monoisotopic (exact) mass is 280 g/mol. The number of amides is 1. The summed E-state index contributed by atoms with van der Waals surface area (Å²) in [4.78, 5) is 23.3. The van der Waals surface area contributed by atoms with Crippen LogP contribution in [0.3, 0.4) is 0 Å². The van der Waals surface area contributed by atoms with E-state index in [2.05, 4.69) is 5.32 Å². The van der Waals surface area contributed by atoms with Gasteiger partial charge in [-0.25, -0.2) is 0 Å². The number of thiazole rings is 1. The van der Waals surface area contributed by atoms with Crippen molar-refractivity contribution in [3.05, 3.63) is 27.9 Å². The van der Waals surface area contributed by atoms with Gasteiger partial charge in [-0.15, -0.1) is 0 Å². The molecular formula is C13H16N2O3S. The summed E-state index contributed by atoms with van der Waals surface area (Å²) in [5, 5.41) is 2.72. The highest BCUT2D eigenvalue weighted by Crippen LogP contribution is 2.24. The molecule has 0 aliphatic heterocycles. The highest BCUT2D eigenvalue weighted by atomic mass is 32.1. The minimum atomic E-state index is -0.211. The molecule has 0 atom stereocenters. The Hall–Kier alpha value is -1.66. The Labute approximate surface area is 114 Å². The van der Waals surface area contributed by atoms with Crippen LogP contribution in [0.4, 0.5) is 5.69 Å². The number of ether oxygens (including phenoxy) is 1. The van der Waals surface area contributed by atoms with E-state index in [-0.39, 0.29) is 23.4 Å². The summed E-state index contributed by atoms with van der Waals surface area (Å²) < 4.78 is 7.37. The van der Waals surface area contributed by atoms with Crippen LogP contribution in [0.25, 0.3) is 10.2 Å². The molecular weight excluding hydrogens is 264 g/mol. The fourth-order valence-electron chi connectivity index (χ4n) is 1.93. The van der Waals surface area contributed by atoms with E-state index in [1.807, 2.05) is 26.0 Å². The lowest BCUT2D eigenvalue weighted by Gasteiger charge is -2.08. The molecule has 2 aromatic rings. The molecule has 1 aromatic heterocycles. The van der Waals surface area contributed by atoms with E-state index in [4.69, 9.17) is 4.74 Å². The van der Waals surface area contributed by atoms with E-state index in [1.54, 1.807) is 10.6 Å². The number of anilines is 1. The number of hydrogen-bond acceptors (Lipinski definition) is 4. The first-order chi connectivity index (χ1) is 9.02. The number of hydrogen-bond donors (Lipinski definition) is 1. The van der Waals surface area contributed by atoms with Crippen LogP contribution >= 0.6 is 11.3 Å². The molecule has 0 bridgehead atoms. The second-order valence-corrected chi connectivity index (χ2v) is 5.49. The quantitative estimate of drug-likeness (QED) is 0.934. The lowest BCUT2D eigenvalue weighted by Crippen LogP contribution is -2.17. The Morgan fingerprint density at radius 2 is 2.21 bits per heavy atom. The minimum Gasteiger partial charge on any atom is -0.375 e. The molecule has 0 aliphatic rings. The summed E-state index contributed by atoms with van der Waals surface area (Å²) in [7, 11) is 1.47. The number of rotatable bonds is 4. The summed E-state index contributed by atoms with van der Waals surface area (Å²) in [6.45, 7) is 3.96. The zero-order valence-electron chi connectivity index (χ0n) is 11.1. The van der Waals surface area contributed by atoms with E-state index in [0.717, 1.165) is 10.2 Å². The first kappa shape index (κ1) is 13.8. The van der Waals surface area contributed by atoms with Crippen molar-refractivity contribution in [2.75, 3.05) is 19.0 Å². The molecule has 0 fully saturated rings. The van der Waals surface area contributed by atoms with Crippen molar-refractivity contribution in [2.24, 2.45) is 0 Å². The Kier molecular flexibility index (Phi) is 4.01. The summed E-state index contributed by atoms with van der Waals surface area (Å²) in [6, 6.07) is 5.58. The van der Waals surface area contributed by atoms with Crippen LogP contribution in [0, 0.1) is 0 Å². The molecule has 5 nitrogen and oxygen atoms in total. The number of nitrogens with one attached hydrogen (secondary N) is 1. The number of carbonyl (C=O) groups excluding carboxylic acids is 1. The zero-order chi connectivity index (χ0) is 14.0. The minimum absolute atomic E-state index is 0.0152. The van der Waals surface area contributed by atoms with Gasteiger partial charge in [0, 0.05) is 18.8 Å². The van der Waals surface area contributed by atoms with E-state index < -0.39 is 0 Å². The summed E-state index contributed by atoms with van der Waals surface area (Å²) >= 11 is 1.19. The SMILES string of the molecule is COCC(=O)Nc1ccc2c(c1)sc(=O)n2C(C)C. The van der Waals surface area contributed by atoms with Gasteiger partial charge in [0.25, 0.3) is 0 Å². The smallest absolute Gasteiger partial charge is 0.308 e. The van der Waals surface area contributed by atoms with Gasteiger partial charge in [0.2, 0.25) is 5.91 Å². The molecule has 102 valence electrons. The maximum atomic E-state index is 11.9. The van der Waals surface area contributed by atoms with E-state index >= 15 is 0 Å². The normalized spacial score (nSPS) is 11.2. The lowest BCUT2D eigenvalue weighted by atomic mass is 10.2. The topological polar surface area (TPSA) is 60.3 Å². The standard InChI is InChI=1S/C13H16N2O3S/c1-8(2)15-10-5-4-9(14-12(16)7-18-3)6-11(10)19-13(15)17/h4-6,8H,7H2,1-3H3,(H,14,16). The molecule has 1 N–H and O–H groups in total. The van der Waals surface area contributed by atoms with Gasteiger partial charge >= 0.3 is 4.87 Å². The zero-order valence-corrected chi connectivity index (χ0v) is 11.9. The van der Waals surface area contributed by atoms with Crippen LogP contribution in [0.15, 0.2) is 23.0 Å². The number of carbonyl (C=O) groups is 1. The molecule has 1 aromatic carbocycles. The second kappa shape index (κ2) is 5.54. The third-order valence-corrected chi connectivity index (χ3v) is 3.61. The predicted octanol–water partition coefficient (Wildman–Crippen LogP) is 2.23. The van der Waals surface area contributed by atoms with Gasteiger partial charge in [-0.05, 0) is 32.0 Å². The van der Waals surface area contributed by atoms with Crippen molar-refractivity contribution in [2.45, 2.75) is 19.9 Å². The van der Waals surface area contributed by atoms with Crippen molar-refractivity contribution in [1.29, 1.82) is 0 Å². The molecule has 1 amide bonds. The van der Waals surface area contributed by atoms with Crippen molar-refractivity contribution < 1.29 is 9.53 Å². The van der Waals surface area contributed by atoms with Crippen molar-refractivity contribution >= 4 is 33.1 Å². The second-order valence-electron chi connectivity index (χ2n) is 4.50. The Balaban J connectivity index is 2.37. The lowest BCUT2D eigenvalue weighted by molar-refractivity contribution is -0.119. The van der Waals surface area contributed by atoms with E-state index in [1.165, 1.54) is 18.4 Å². The first-order valence-electron chi connectivity index (χ1n) is 5.97. The maximum absolute atomic E-state index is 11.9. The molecule has 0 saturated carbocycles. The van der Waals surface area contributed by atoms with Crippen LogP contribution in [0.5, 0.6) is 0 Å². The van der Waals surface area contributed by atoms with Gasteiger partial charge in [-0.1, -0.05) is 11.3 Å². The maximum Gasteiger partial charge on any atom is 0.308 e. The predicted molar refractivity (Wildman–Crippen MR) is 77.0 cm³/mol. The fraction of sp³-hybridized carbons (Fsp3) is 0.385. The molecule has 0 saturated heterocycles. The van der Waals surface area contributed by atoms with E-state index in [9.17, 15) is 9.59 Å². The average Bonchev–Trinajstić information content (AvgIpc) is 2.64. The molecule has 6 heteroatoms. The first-order valence-corrected chi connectivity index (χ1v) is 6.78. The molecule has 19 heavy (non-hydrogen) atoms. The van der Waals surface area contributed by atoms with Crippen LogP contribution in [0.2, 0.25) is 0 Å². The molecule has 0 radical (unpaired) electrons. The van der Waals surface area contributed by atoms with E-state index in [0.29, 0.717) is 5.69 Å². The summed E-state index contributed by atoms with van der Waals surface area (Å²) in [5.41, 5.74) is 1.57. The summed E-state index contributed by atoms with van der Waals surface area (Å²) in [6.07, 6.45) is 0. The van der Waals surface area contributed by atoms with Crippen LogP contribution in [-0.4, -0.2) is 24.2 Å². The highest BCUT2D eigenvalue weighted by Gasteiger charge is 2.11. The largest absolute Gasteiger partial charge is 0.375 e. The van der Waals surface area contributed by atoms with Crippen molar-refractivity contribution in [1.82, 2.24) is 4.57 Å². The number of nitrogens with zero attached hydrogens (tertiary/aromatic N) is 1. The highest BCUT2D eigenvalue weighted by molar-refractivity contribution is 7.16. The van der Waals surface area contributed by atoms with Crippen LogP contribution < -0.4 is 10.2 Å². The van der Waals surface area contributed by atoms with Gasteiger partial charge < -0.3 is 10.1 Å². The molecule has 0 spiro atoms. The Morgan fingerprint density at radius 3 is 2.84 bits per heavy atom. The van der Waals surface area contributed by atoms with Gasteiger partial charge in [0.05, 0.1) is 10.2 Å². The van der Waals surface area contributed by atoms with Crippen molar-refractivity contribution in [3.8, 4) is 0 Å². The molecule has 0 unspecified atom stereocenters. The third-order valence-electron chi connectivity index (χ3n) is 2.69.